The average molecular weight is 583 g/mol. The number of fused-ring (bicyclic) bond motifs is 1. The van der Waals surface area contributed by atoms with E-state index < -0.39 is 28.1 Å². The molecule has 0 saturated carbocycles. The van der Waals surface area contributed by atoms with Gasteiger partial charge in [-0.1, -0.05) is 23.7 Å². The van der Waals surface area contributed by atoms with Crippen LogP contribution in [0.4, 0.5) is 13.2 Å². The van der Waals surface area contributed by atoms with Crippen LogP contribution in [0.5, 0.6) is 0 Å². The van der Waals surface area contributed by atoms with Gasteiger partial charge < -0.3 is 9.88 Å². The number of imidazole rings is 1. The van der Waals surface area contributed by atoms with Crippen LogP contribution in [0.25, 0.3) is 11.0 Å². The van der Waals surface area contributed by atoms with E-state index in [2.05, 4.69) is 10.3 Å². The number of sulfonamides is 1. The molecule has 0 spiro atoms. The Morgan fingerprint density at radius 3 is 2.42 bits per heavy atom. The predicted molar refractivity (Wildman–Crippen MR) is 139 cm³/mol. The van der Waals surface area contributed by atoms with Crippen LogP contribution < -0.4 is 5.32 Å². The van der Waals surface area contributed by atoms with Crippen molar-refractivity contribution in [2.24, 2.45) is 0 Å². The number of carbonyl (C=O) groups is 1. The van der Waals surface area contributed by atoms with Gasteiger partial charge in [-0.3, -0.25) is 4.79 Å². The van der Waals surface area contributed by atoms with Gasteiger partial charge in [-0.2, -0.15) is 17.5 Å². The Labute approximate surface area is 225 Å². The molecule has 1 aliphatic heterocycles. The minimum Gasteiger partial charge on any atom is -0.347 e. The first-order valence-corrected chi connectivity index (χ1v) is 14.3. The second-order valence-electron chi connectivity index (χ2n) is 8.84. The number of halogens is 4. The van der Waals surface area contributed by atoms with Crippen molar-refractivity contribution in [3.05, 3.63) is 82.0 Å². The van der Waals surface area contributed by atoms with Gasteiger partial charge in [0.05, 0.1) is 17.6 Å². The summed E-state index contributed by atoms with van der Waals surface area (Å²) in [5.41, 5.74) is 1.06. The lowest BCUT2D eigenvalue weighted by Crippen LogP contribution is -2.39. The summed E-state index contributed by atoms with van der Waals surface area (Å²) in [4.78, 5) is 16.8. The van der Waals surface area contributed by atoms with Crippen LogP contribution in [0.2, 0.25) is 5.02 Å². The van der Waals surface area contributed by atoms with E-state index in [9.17, 15) is 26.4 Å². The molecule has 7 nitrogen and oxygen atoms in total. The third kappa shape index (κ3) is 5.31. The molecule has 1 fully saturated rings. The molecule has 38 heavy (non-hydrogen) atoms. The number of nitrogens with zero attached hydrogens (tertiary/aromatic N) is 3. The van der Waals surface area contributed by atoms with Crippen molar-refractivity contribution < 1.29 is 26.4 Å². The summed E-state index contributed by atoms with van der Waals surface area (Å²) >= 11 is 6.89. The van der Waals surface area contributed by atoms with Crippen LogP contribution in [0.1, 0.15) is 39.9 Å². The molecular weight excluding hydrogens is 561 g/mol. The molecular formula is C25H22ClF3N4O3S2. The molecule has 13 heteroatoms. The van der Waals surface area contributed by atoms with Crippen LogP contribution in [-0.4, -0.2) is 41.3 Å². The fraction of sp³-hybridized carbons (Fsp3) is 0.280. The Bertz CT molecular complexity index is 1580. The molecule has 200 valence electrons. The third-order valence-corrected chi connectivity index (χ3v) is 10.1. The maximum atomic E-state index is 13.7. The lowest BCUT2D eigenvalue weighted by molar-refractivity contribution is -0.147. The number of nitrogens with one attached hydrogen (secondary N) is 1. The largest absolute Gasteiger partial charge is 0.449 e. The van der Waals surface area contributed by atoms with E-state index in [1.807, 2.05) is 0 Å². The molecule has 2 aromatic heterocycles. The van der Waals surface area contributed by atoms with E-state index in [0.717, 1.165) is 11.3 Å². The van der Waals surface area contributed by atoms with E-state index >= 15 is 0 Å². The fourth-order valence-electron chi connectivity index (χ4n) is 4.54. The Hall–Kier alpha value is -2.93. The maximum Gasteiger partial charge on any atom is 0.449 e. The molecule has 5 rings (SSSR count). The molecule has 2 aromatic carbocycles. The Balaban J connectivity index is 1.26. The highest BCUT2D eigenvalue weighted by Gasteiger charge is 2.40. The Morgan fingerprint density at radius 1 is 1.05 bits per heavy atom. The highest BCUT2D eigenvalue weighted by Crippen LogP contribution is 2.37. The zero-order chi connectivity index (χ0) is 27.1. The number of hydrogen-bond acceptors (Lipinski definition) is 5. The quantitative estimate of drug-likeness (QED) is 0.315. The second-order valence-corrected chi connectivity index (χ2v) is 12.6. The normalized spacial score (nSPS) is 15.7. The van der Waals surface area contributed by atoms with Gasteiger partial charge in [-0.15, -0.1) is 11.3 Å². The van der Waals surface area contributed by atoms with Gasteiger partial charge in [0.2, 0.25) is 5.82 Å². The van der Waals surface area contributed by atoms with Gasteiger partial charge in [-0.25, -0.2) is 13.4 Å². The molecule has 1 aliphatic rings. The smallest absolute Gasteiger partial charge is 0.347 e. The lowest BCUT2D eigenvalue weighted by atomic mass is 10.1. The van der Waals surface area contributed by atoms with Crippen molar-refractivity contribution in [1.29, 1.82) is 0 Å². The number of piperidine rings is 1. The Morgan fingerprint density at radius 2 is 1.74 bits per heavy atom. The van der Waals surface area contributed by atoms with Crippen molar-refractivity contribution in [2.75, 3.05) is 13.1 Å². The standard InChI is InChI=1S/C25H22ClF3N4O3S2/c26-17-7-5-16(6-8-17)23(34)30-15-19-9-10-22(37-19)38(35,36)32-13-11-18(12-14-32)33-21-4-2-1-3-20(21)31-24(33)25(27,28)29/h1-10,18H,11-15H2,(H,30,34). The van der Waals surface area contributed by atoms with Crippen LogP contribution >= 0.6 is 22.9 Å². The number of amides is 1. The monoisotopic (exact) mass is 582 g/mol. The number of thiophene rings is 1. The third-order valence-electron chi connectivity index (χ3n) is 6.40. The zero-order valence-electron chi connectivity index (χ0n) is 19.8. The van der Waals surface area contributed by atoms with E-state index in [-0.39, 0.29) is 48.1 Å². The van der Waals surface area contributed by atoms with Gasteiger partial charge >= 0.3 is 6.18 Å². The minimum absolute atomic E-state index is 0.0807. The number of carbonyl (C=O) groups excluding carboxylic acids is 1. The minimum atomic E-state index is -4.63. The molecule has 0 bridgehead atoms. The van der Waals surface area contributed by atoms with Crippen molar-refractivity contribution in [1.82, 2.24) is 19.2 Å². The van der Waals surface area contributed by atoms with E-state index in [4.69, 9.17) is 11.6 Å². The van der Waals surface area contributed by atoms with Gasteiger partial charge in [0.25, 0.3) is 15.9 Å². The molecule has 0 unspecified atom stereocenters. The van der Waals surface area contributed by atoms with Gasteiger partial charge in [0, 0.05) is 34.6 Å². The number of para-hydroxylation sites is 2. The highest BCUT2D eigenvalue weighted by molar-refractivity contribution is 7.91. The molecule has 1 amide bonds. The van der Waals surface area contributed by atoms with Gasteiger partial charge in [0.1, 0.15) is 4.21 Å². The summed E-state index contributed by atoms with van der Waals surface area (Å²) in [5.74, 6) is -1.28. The average Bonchev–Trinajstić information content (AvgIpc) is 3.53. The summed E-state index contributed by atoms with van der Waals surface area (Å²) in [6.07, 6.45) is -4.19. The lowest BCUT2D eigenvalue weighted by Gasteiger charge is -2.32. The van der Waals surface area contributed by atoms with E-state index in [0.29, 0.717) is 21.0 Å². The SMILES string of the molecule is O=C(NCc1ccc(S(=O)(=O)N2CCC(n3c(C(F)(F)F)nc4ccccc43)CC2)s1)c1ccc(Cl)cc1. The first-order valence-electron chi connectivity index (χ1n) is 11.7. The molecule has 4 aromatic rings. The van der Waals surface area contributed by atoms with Crippen molar-refractivity contribution in [3.8, 4) is 0 Å². The molecule has 0 aliphatic carbocycles. The number of aromatic nitrogens is 2. The summed E-state index contributed by atoms with van der Waals surface area (Å²) in [5, 5.41) is 3.26. The van der Waals surface area contributed by atoms with Gasteiger partial charge in [0.15, 0.2) is 0 Å². The van der Waals surface area contributed by atoms with Crippen LogP contribution in [0.15, 0.2) is 64.9 Å². The zero-order valence-corrected chi connectivity index (χ0v) is 22.2. The molecule has 3 heterocycles. The van der Waals surface area contributed by atoms with E-state index in [1.165, 1.54) is 21.0 Å². The number of rotatable bonds is 6. The van der Waals surface area contributed by atoms with Crippen molar-refractivity contribution >= 4 is 49.9 Å². The van der Waals surface area contributed by atoms with Crippen LogP contribution in [0.3, 0.4) is 0 Å². The van der Waals surface area contributed by atoms with Crippen LogP contribution in [-0.2, 0) is 22.7 Å². The first-order chi connectivity index (χ1) is 18.0. The van der Waals surface area contributed by atoms with Crippen molar-refractivity contribution in [2.45, 2.75) is 35.8 Å². The summed E-state index contributed by atoms with van der Waals surface area (Å²) in [7, 11) is -3.83. The summed E-state index contributed by atoms with van der Waals surface area (Å²) in [6.45, 7) is 0.312. The fourth-order valence-corrected chi connectivity index (χ4v) is 7.59. The predicted octanol–water partition coefficient (Wildman–Crippen LogP) is 5.73. The van der Waals surface area contributed by atoms with Crippen molar-refractivity contribution in [3.63, 3.8) is 0 Å². The summed E-state index contributed by atoms with van der Waals surface area (Å²) in [6, 6.07) is 15.4. The topological polar surface area (TPSA) is 84.3 Å². The Kier molecular flexibility index (Phi) is 7.25. The molecule has 1 N–H and O–H groups in total. The molecule has 0 radical (unpaired) electrons. The van der Waals surface area contributed by atoms with Crippen LogP contribution in [0, 0.1) is 0 Å². The van der Waals surface area contributed by atoms with Gasteiger partial charge in [-0.05, 0) is 61.4 Å². The second kappa shape index (κ2) is 10.3. The number of alkyl halides is 3. The number of hydrogen-bond donors (Lipinski definition) is 1. The number of benzene rings is 2. The maximum absolute atomic E-state index is 13.7. The highest BCUT2D eigenvalue weighted by atomic mass is 35.5. The molecule has 1 saturated heterocycles. The van der Waals surface area contributed by atoms with E-state index in [1.54, 1.807) is 48.5 Å². The summed E-state index contributed by atoms with van der Waals surface area (Å²) < 4.78 is 70.4. The molecule has 0 atom stereocenters. The first kappa shape index (κ1) is 26.7.